The normalized spacial score (nSPS) is 10.1. The average Bonchev–Trinajstić information content (AvgIpc) is 2.73. The van der Waals surface area contributed by atoms with Gasteiger partial charge in [-0.2, -0.15) is 0 Å². The third kappa shape index (κ3) is 8.64. The molecule has 2 rings (SSSR count). The highest BCUT2D eigenvalue weighted by Crippen LogP contribution is 2.25. The molecule has 32 heavy (non-hydrogen) atoms. The molecule has 2 aromatic rings. The number of nitrogens with one attached hydrogen (secondary N) is 4. The summed E-state index contributed by atoms with van der Waals surface area (Å²) in [5, 5.41) is 5.05. The highest BCUT2D eigenvalue weighted by molar-refractivity contribution is 9.10. The van der Waals surface area contributed by atoms with Crippen molar-refractivity contribution >= 4 is 56.7 Å². The number of carbonyl (C=O) groups excluding carboxylic acids is 3. The first kappa shape index (κ1) is 25.3. The maximum Gasteiger partial charge on any atom is 0.264 e. The van der Waals surface area contributed by atoms with Crippen LogP contribution < -0.4 is 26.2 Å². The minimum Gasteiger partial charge on any atom is -0.483 e. The number of hydrazine groups is 1. The number of aryl methyl sites for hydroxylation is 3. The van der Waals surface area contributed by atoms with Crippen molar-refractivity contribution in [3.8, 4) is 5.75 Å². The number of carbonyl (C=O) groups is 3. The third-order valence-electron chi connectivity index (χ3n) is 4.38. The number of hydrogen-bond acceptors (Lipinski definition) is 5. The van der Waals surface area contributed by atoms with Crippen molar-refractivity contribution in [2.24, 2.45) is 0 Å². The van der Waals surface area contributed by atoms with Crippen molar-refractivity contribution in [1.29, 1.82) is 0 Å². The molecule has 0 aliphatic rings. The lowest BCUT2D eigenvalue weighted by Crippen LogP contribution is -2.49. The number of halogens is 1. The van der Waals surface area contributed by atoms with Crippen LogP contribution in [0.25, 0.3) is 0 Å². The molecule has 4 N–H and O–H groups in total. The molecule has 0 saturated carbocycles. The van der Waals surface area contributed by atoms with Gasteiger partial charge in [0.05, 0.1) is 4.47 Å². The fraction of sp³-hybridized carbons (Fsp3) is 0.273. The summed E-state index contributed by atoms with van der Waals surface area (Å²) < 4.78 is 6.17. The zero-order chi connectivity index (χ0) is 23.7. The monoisotopic (exact) mass is 520 g/mol. The second-order valence-corrected chi connectivity index (χ2v) is 8.38. The van der Waals surface area contributed by atoms with E-state index in [4.69, 9.17) is 17.0 Å². The molecule has 0 aliphatic carbocycles. The maximum absolute atomic E-state index is 12.0. The third-order valence-corrected chi connectivity index (χ3v) is 5.21. The Labute approximate surface area is 200 Å². The van der Waals surface area contributed by atoms with Crippen molar-refractivity contribution in [2.75, 3.05) is 11.9 Å². The van der Waals surface area contributed by atoms with Crippen molar-refractivity contribution in [3.63, 3.8) is 0 Å². The number of benzene rings is 2. The Morgan fingerprint density at radius 2 is 1.62 bits per heavy atom. The van der Waals surface area contributed by atoms with Crippen molar-refractivity contribution < 1.29 is 19.1 Å². The standard InChI is InChI=1S/C22H25BrN4O4S/c1-13-4-7-18(17(23)10-13)31-12-21(30)25-22(32)27-26-20(29)9-8-19(28)24-16-6-5-14(2)15(3)11-16/h4-7,10-11H,8-9,12H2,1-3H3,(H,24,28)(H,26,29)(H2,25,27,30,32). The molecule has 0 aromatic heterocycles. The summed E-state index contributed by atoms with van der Waals surface area (Å²) in [4.78, 5) is 35.9. The van der Waals surface area contributed by atoms with Crippen LogP contribution in [-0.4, -0.2) is 29.4 Å². The van der Waals surface area contributed by atoms with Gasteiger partial charge in [0.25, 0.3) is 5.91 Å². The summed E-state index contributed by atoms with van der Waals surface area (Å²) >= 11 is 8.33. The fourth-order valence-electron chi connectivity index (χ4n) is 2.52. The van der Waals surface area contributed by atoms with Gasteiger partial charge < -0.3 is 10.1 Å². The predicted octanol–water partition coefficient (Wildman–Crippen LogP) is 3.19. The Morgan fingerprint density at radius 1 is 0.906 bits per heavy atom. The average molecular weight is 521 g/mol. The number of rotatable bonds is 7. The lowest BCUT2D eigenvalue weighted by atomic mass is 10.1. The molecule has 0 saturated heterocycles. The first-order valence-electron chi connectivity index (χ1n) is 9.79. The first-order chi connectivity index (χ1) is 15.1. The van der Waals surface area contributed by atoms with E-state index in [-0.39, 0.29) is 30.5 Å². The van der Waals surface area contributed by atoms with Crippen molar-refractivity contribution in [1.82, 2.24) is 16.2 Å². The molecule has 0 radical (unpaired) electrons. The Balaban J connectivity index is 1.65. The van der Waals surface area contributed by atoms with Crippen LogP contribution in [0.1, 0.15) is 29.5 Å². The van der Waals surface area contributed by atoms with E-state index in [1.807, 2.05) is 51.1 Å². The van der Waals surface area contributed by atoms with E-state index in [2.05, 4.69) is 37.4 Å². The van der Waals surface area contributed by atoms with Crippen LogP contribution in [0.15, 0.2) is 40.9 Å². The Bertz CT molecular complexity index is 1030. The summed E-state index contributed by atoms with van der Waals surface area (Å²) in [6, 6.07) is 11.1. The lowest BCUT2D eigenvalue weighted by Gasteiger charge is -2.12. The quantitative estimate of drug-likeness (QED) is 0.329. The van der Waals surface area contributed by atoms with Gasteiger partial charge in [-0.25, -0.2) is 0 Å². The zero-order valence-electron chi connectivity index (χ0n) is 18.0. The molecule has 8 nitrogen and oxygen atoms in total. The molecule has 0 fully saturated rings. The molecule has 170 valence electrons. The number of thiocarbonyl (C=S) groups is 1. The van der Waals surface area contributed by atoms with Crippen LogP contribution in [-0.2, 0) is 14.4 Å². The van der Waals surface area contributed by atoms with Crippen LogP contribution in [0.5, 0.6) is 5.75 Å². The largest absolute Gasteiger partial charge is 0.483 e. The lowest BCUT2D eigenvalue weighted by molar-refractivity contribution is -0.125. The Hall–Kier alpha value is -2.98. The molecule has 0 spiro atoms. The minimum atomic E-state index is -0.489. The van der Waals surface area contributed by atoms with Crippen LogP contribution in [0.4, 0.5) is 5.69 Å². The summed E-state index contributed by atoms with van der Waals surface area (Å²) in [5.74, 6) is -0.690. The summed E-state index contributed by atoms with van der Waals surface area (Å²) in [5.41, 5.74) is 8.69. The molecule has 10 heteroatoms. The highest BCUT2D eigenvalue weighted by Gasteiger charge is 2.10. The maximum atomic E-state index is 12.0. The van der Waals surface area contributed by atoms with E-state index >= 15 is 0 Å². The van der Waals surface area contributed by atoms with Gasteiger partial charge in [0.15, 0.2) is 11.7 Å². The Morgan fingerprint density at radius 3 is 2.31 bits per heavy atom. The van der Waals surface area contributed by atoms with E-state index < -0.39 is 11.8 Å². The van der Waals surface area contributed by atoms with Gasteiger partial charge in [0.2, 0.25) is 11.8 Å². The van der Waals surface area contributed by atoms with Gasteiger partial charge in [-0.1, -0.05) is 12.1 Å². The van der Waals surface area contributed by atoms with Gasteiger partial charge in [0, 0.05) is 18.5 Å². The van der Waals surface area contributed by atoms with Crippen LogP contribution in [0.2, 0.25) is 0 Å². The van der Waals surface area contributed by atoms with Gasteiger partial charge in [-0.05, 0) is 89.9 Å². The van der Waals surface area contributed by atoms with Gasteiger partial charge in [-0.3, -0.25) is 30.6 Å². The smallest absolute Gasteiger partial charge is 0.264 e. The van der Waals surface area contributed by atoms with E-state index in [1.54, 1.807) is 6.07 Å². The van der Waals surface area contributed by atoms with E-state index in [9.17, 15) is 14.4 Å². The van der Waals surface area contributed by atoms with Crippen LogP contribution in [0.3, 0.4) is 0 Å². The number of hydrogen-bond donors (Lipinski definition) is 4. The van der Waals surface area contributed by atoms with Gasteiger partial charge in [-0.15, -0.1) is 0 Å². The summed E-state index contributed by atoms with van der Waals surface area (Å²) in [6.45, 7) is 5.63. The molecule has 2 aromatic carbocycles. The summed E-state index contributed by atoms with van der Waals surface area (Å²) in [7, 11) is 0. The highest BCUT2D eigenvalue weighted by atomic mass is 79.9. The van der Waals surface area contributed by atoms with Crippen molar-refractivity contribution in [2.45, 2.75) is 33.6 Å². The van der Waals surface area contributed by atoms with E-state index in [0.717, 1.165) is 21.2 Å². The topological polar surface area (TPSA) is 109 Å². The molecular weight excluding hydrogens is 496 g/mol. The second kappa shape index (κ2) is 12.2. The van der Waals surface area contributed by atoms with Crippen LogP contribution in [0, 0.1) is 20.8 Å². The number of anilines is 1. The van der Waals surface area contributed by atoms with Crippen LogP contribution >= 0.6 is 28.1 Å². The molecule has 0 atom stereocenters. The molecule has 0 aliphatic heterocycles. The molecule has 0 heterocycles. The minimum absolute atomic E-state index is 0.00116. The second-order valence-electron chi connectivity index (χ2n) is 7.12. The van der Waals surface area contributed by atoms with E-state index in [0.29, 0.717) is 11.4 Å². The van der Waals surface area contributed by atoms with Gasteiger partial charge >= 0.3 is 0 Å². The zero-order valence-corrected chi connectivity index (χ0v) is 20.4. The van der Waals surface area contributed by atoms with Gasteiger partial charge in [0.1, 0.15) is 5.75 Å². The van der Waals surface area contributed by atoms with E-state index in [1.165, 1.54) is 0 Å². The molecule has 0 unspecified atom stereocenters. The molecular formula is C22H25BrN4O4S. The first-order valence-corrected chi connectivity index (χ1v) is 11.0. The predicted molar refractivity (Wildman–Crippen MR) is 130 cm³/mol. The SMILES string of the molecule is Cc1ccc(OCC(=O)NC(=S)NNC(=O)CCC(=O)Nc2ccc(C)c(C)c2)c(Br)c1. The number of amides is 3. The fourth-order valence-corrected chi connectivity index (χ4v) is 3.29. The summed E-state index contributed by atoms with van der Waals surface area (Å²) in [6.07, 6.45) is -0.0520. The molecule has 3 amide bonds. The molecule has 0 bridgehead atoms. The number of ether oxygens (including phenoxy) is 1. The van der Waals surface area contributed by atoms with Crippen molar-refractivity contribution in [3.05, 3.63) is 57.6 Å². The Kier molecular flexibility index (Phi) is 9.61.